The molecule has 130 valence electrons. The zero-order valence-electron chi connectivity index (χ0n) is 14.1. The molecule has 25 heavy (non-hydrogen) atoms. The minimum Gasteiger partial charge on any atom is -0.508 e. The molecule has 2 bridgehead atoms. The van der Waals surface area contributed by atoms with E-state index >= 15 is 0 Å². The second kappa shape index (κ2) is 6.39. The molecule has 5 heteroatoms. The molecule has 2 atom stereocenters. The monoisotopic (exact) mass is 338 g/mol. The van der Waals surface area contributed by atoms with Crippen LogP contribution in [0.2, 0.25) is 0 Å². The number of rotatable bonds is 3. The number of aromatic nitrogens is 1. The molecule has 1 saturated heterocycles. The molecule has 1 aromatic carbocycles. The van der Waals surface area contributed by atoms with E-state index < -0.39 is 0 Å². The summed E-state index contributed by atoms with van der Waals surface area (Å²) in [5.41, 5.74) is 2.19. The van der Waals surface area contributed by atoms with Crippen molar-refractivity contribution in [3.05, 3.63) is 64.1 Å². The molecule has 2 aliphatic rings. The Labute approximate surface area is 146 Å². The summed E-state index contributed by atoms with van der Waals surface area (Å²) in [7, 11) is 0. The Morgan fingerprint density at radius 3 is 2.68 bits per heavy atom. The van der Waals surface area contributed by atoms with Crippen LogP contribution in [0.15, 0.2) is 47.3 Å². The number of nitrogens with zero attached hydrogens (tertiary/aromatic N) is 2. The van der Waals surface area contributed by atoms with Crippen molar-refractivity contribution in [2.45, 2.75) is 31.7 Å². The number of carbonyl (C=O) groups excluding carboxylic acids is 1. The van der Waals surface area contributed by atoms with Gasteiger partial charge in [0, 0.05) is 43.7 Å². The average Bonchev–Trinajstić information content (AvgIpc) is 2.62. The number of amides is 1. The van der Waals surface area contributed by atoms with Crippen LogP contribution in [0.25, 0.3) is 0 Å². The van der Waals surface area contributed by atoms with Gasteiger partial charge in [0.25, 0.3) is 5.56 Å². The van der Waals surface area contributed by atoms with Crippen LogP contribution < -0.4 is 5.56 Å². The van der Waals surface area contributed by atoms with Gasteiger partial charge in [-0.25, -0.2) is 0 Å². The summed E-state index contributed by atoms with van der Waals surface area (Å²) in [6, 6.07) is 12.5. The molecule has 0 aliphatic carbocycles. The van der Waals surface area contributed by atoms with Crippen molar-refractivity contribution < 1.29 is 9.90 Å². The minimum atomic E-state index is 0.0688. The molecule has 5 nitrogen and oxygen atoms in total. The number of phenols is 1. The van der Waals surface area contributed by atoms with Gasteiger partial charge in [-0.05, 0) is 42.5 Å². The topological polar surface area (TPSA) is 62.5 Å². The van der Waals surface area contributed by atoms with Gasteiger partial charge in [0.2, 0.25) is 5.91 Å². The fourth-order valence-corrected chi connectivity index (χ4v) is 4.17. The van der Waals surface area contributed by atoms with Crippen molar-refractivity contribution >= 4 is 5.91 Å². The van der Waals surface area contributed by atoms with Crippen LogP contribution in [0.3, 0.4) is 0 Å². The Balaban J connectivity index is 1.44. The van der Waals surface area contributed by atoms with Crippen molar-refractivity contribution in [3.8, 4) is 5.75 Å². The van der Waals surface area contributed by atoms with Gasteiger partial charge in [0.15, 0.2) is 0 Å². The number of hydrogen-bond donors (Lipinski definition) is 1. The third-order valence-corrected chi connectivity index (χ3v) is 5.40. The van der Waals surface area contributed by atoms with Crippen LogP contribution in [-0.4, -0.2) is 33.6 Å². The number of aromatic hydroxyl groups is 1. The van der Waals surface area contributed by atoms with E-state index in [1.54, 1.807) is 18.2 Å². The number of hydrogen-bond acceptors (Lipinski definition) is 3. The highest BCUT2D eigenvalue weighted by Crippen LogP contribution is 2.35. The lowest BCUT2D eigenvalue weighted by molar-refractivity contribution is -0.133. The number of benzene rings is 1. The maximum atomic E-state index is 12.7. The number of pyridine rings is 1. The minimum absolute atomic E-state index is 0.0688. The normalized spacial score (nSPS) is 21.7. The number of aryl methyl sites for hydroxylation is 1. The standard InChI is InChI=1S/C20H22N2O3/c23-17-7-4-14(5-8-17)6-9-19(24)21-11-15-10-16(13-21)18-2-1-3-20(25)22(18)12-15/h1-5,7-8,15-16,23H,6,9-13H2/t15-,16-/m0/s1. The first-order chi connectivity index (χ1) is 12.1. The summed E-state index contributed by atoms with van der Waals surface area (Å²) < 4.78 is 1.89. The molecule has 1 amide bonds. The number of carbonyl (C=O) groups is 1. The molecule has 0 unspecified atom stereocenters. The number of piperidine rings is 1. The average molecular weight is 338 g/mol. The second-order valence-electron chi connectivity index (χ2n) is 7.16. The van der Waals surface area contributed by atoms with Gasteiger partial charge in [-0.2, -0.15) is 0 Å². The zero-order valence-corrected chi connectivity index (χ0v) is 14.1. The Bertz CT molecular complexity index is 841. The fraction of sp³-hybridized carbons (Fsp3) is 0.400. The quantitative estimate of drug-likeness (QED) is 0.932. The lowest BCUT2D eigenvalue weighted by Gasteiger charge is -2.42. The van der Waals surface area contributed by atoms with E-state index in [0.29, 0.717) is 31.8 Å². The molecular formula is C20H22N2O3. The molecule has 2 aromatic rings. The third-order valence-electron chi connectivity index (χ3n) is 5.40. The van der Waals surface area contributed by atoms with E-state index in [-0.39, 0.29) is 23.1 Å². The summed E-state index contributed by atoms with van der Waals surface area (Å²) in [6.45, 7) is 2.16. The molecule has 0 radical (unpaired) electrons. The SMILES string of the molecule is O=C(CCc1ccc(O)cc1)N1C[C@@H]2C[C@@H](C1)c1cccc(=O)n1C2. The van der Waals surface area contributed by atoms with Crippen molar-refractivity contribution in [1.29, 1.82) is 0 Å². The van der Waals surface area contributed by atoms with Gasteiger partial charge in [0.05, 0.1) is 0 Å². The van der Waals surface area contributed by atoms with Crippen LogP contribution in [0.1, 0.15) is 30.0 Å². The lowest BCUT2D eigenvalue weighted by atomic mass is 9.83. The van der Waals surface area contributed by atoms with Gasteiger partial charge < -0.3 is 14.6 Å². The highest BCUT2D eigenvalue weighted by atomic mass is 16.3. The summed E-state index contributed by atoms with van der Waals surface area (Å²) >= 11 is 0. The van der Waals surface area contributed by atoms with Crippen LogP contribution in [0.5, 0.6) is 5.75 Å². The first-order valence-corrected chi connectivity index (χ1v) is 8.85. The molecule has 4 rings (SSSR count). The number of fused-ring (bicyclic) bond motifs is 4. The van der Waals surface area contributed by atoms with Gasteiger partial charge in [-0.3, -0.25) is 9.59 Å². The van der Waals surface area contributed by atoms with E-state index in [9.17, 15) is 14.7 Å². The van der Waals surface area contributed by atoms with Crippen LogP contribution in [0.4, 0.5) is 0 Å². The van der Waals surface area contributed by atoms with Crippen molar-refractivity contribution in [1.82, 2.24) is 9.47 Å². The highest BCUT2D eigenvalue weighted by Gasteiger charge is 2.35. The number of phenolic OH excluding ortho intramolecular Hbond substituents is 1. The summed E-state index contributed by atoms with van der Waals surface area (Å²) in [4.78, 5) is 26.7. The van der Waals surface area contributed by atoms with Crippen molar-refractivity contribution in [2.24, 2.45) is 5.92 Å². The van der Waals surface area contributed by atoms with Crippen LogP contribution >= 0.6 is 0 Å². The Morgan fingerprint density at radius 2 is 1.88 bits per heavy atom. The fourth-order valence-electron chi connectivity index (χ4n) is 4.17. The molecular weight excluding hydrogens is 316 g/mol. The van der Waals surface area contributed by atoms with Gasteiger partial charge in [0.1, 0.15) is 5.75 Å². The molecule has 1 aromatic heterocycles. The van der Waals surface area contributed by atoms with E-state index in [0.717, 1.165) is 24.2 Å². The molecule has 0 spiro atoms. The summed E-state index contributed by atoms with van der Waals surface area (Å²) in [5, 5.41) is 9.33. The maximum absolute atomic E-state index is 12.7. The summed E-state index contributed by atoms with van der Waals surface area (Å²) in [6.07, 6.45) is 2.22. The number of likely N-dealkylation sites (tertiary alicyclic amines) is 1. The Morgan fingerprint density at radius 1 is 1.08 bits per heavy atom. The van der Waals surface area contributed by atoms with Crippen molar-refractivity contribution in [2.75, 3.05) is 13.1 Å². The van der Waals surface area contributed by atoms with Crippen molar-refractivity contribution in [3.63, 3.8) is 0 Å². The predicted molar refractivity (Wildman–Crippen MR) is 94.6 cm³/mol. The van der Waals surface area contributed by atoms with Crippen LogP contribution in [0, 0.1) is 5.92 Å². The maximum Gasteiger partial charge on any atom is 0.250 e. The highest BCUT2D eigenvalue weighted by molar-refractivity contribution is 5.76. The van der Waals surface area contributed by atoms with E-state index in [2.05, 4.69) is 0 Å². The van der Waals surface area contributed by atoms with Crippen LogP contribution in [-0.2, 0) is 17.8 Å². The van der Waals surface area contributed by atoms with E-state index in [1.165, 1.54) is 0 Å². The predicted octanol–water partition coefficient (Wildman–Crippen LogP) is 2.13. The molecule has 0 saturated carbocycles. The molecule has 1 fully saturated rings. The second-order valence-corrected chi connectivity index (χ2v) is 7.16. The molecule has 3 heterocycles. The Hall–Kier alpha value is -2.56. The summed E-state index contributed by atoms with van der Waals surface area (Å²) in [5.74, 6) is 1.05. The first-order valence-electron chi connectivity index (χ1n) is 8.85. The Kier molecular flexibility index (Phi) is 4.07. The zero-order chi connectivity index (χ0) is 17.4. The van der Waals surface area contributed by atoms with E-state index in [4.69, 9.17) is 0 Å². The first kappa shape index (κ1) is 15.9. The van der Waals surface area contributed by atoms with E-state index in [1.807, 2.05) is 33.7 Å². The lowest BCUT2D eigenvalue weighted by Crippen LogP contribution is -2.49. The molecule has 2 aliphatic heterocycles. The largest absolute Gasteiger partial charge is 0.508 e. The van der Waals surface area contributed by atoms with Gasteiger partial charge in [-0.15, -0.1) is 0 Å². The third kappa shape index (κ3) is 3.18. The smallest absolute Gasteiger partial charge is 0.250 e. The van der Waals surface area contributed by atoms with Gasteiger partial charge >= 0.3 is 0 Å². The molecule has 1 N–H and O–H groups in total. The van der Waals surface area contributed by atoms with Gasteiger partial charge in [-0.1, -0.05) is 18.2 Å².